The Balaban J connectivity index is 2.42. The molecule has 0 spiro atoms. The van der Waals surface area contributed by atoms with Crippen molar-refractivity contribution in [3.05, 3.63) is 36.3 Å². The second-order valence-corrected chi connectivity index (χ2v) is 6.85. The van der Waals surface area contributed by atoms with Crippen molar-refractivity contribution in [2.24, 2.45) is 5.41 Å². The highest BCUT2D eigenvalue weighted by molar-refractivity contribution is 6.17. The molecule has 0 radical (unpaired) electrons. The highest BCUT2D eigenvalue weighted by Crippen LogP contribution is 2.36. The zero-order valence-corrected chi connectivity index (χ0v) is 13.6. The van der Waals surface area contributed by atoms with Gasteiger partial charge in [0.15, 0.2) is 0 Å². The number of alkyl halides is 1. The molecule has 110 valence electrons. The highest BCUT2D eigenvalue weighted by Gasteiger charge is 2.26. The van der Waals surface area contributed by atoms with E-state index in [2.05, 4.69) is 48.3 Å². The van der Waals surface area contributed by atoms with Crippen LogP contribution in [0.3, 0.4) is 0 Å². The third kappa shape index (κ3) is 2.30. The molecule has 0 aliphatic heterocycles. The lowest BCUT2D eigenvalue weighted by Gasteiger charge is -2.30. The van der Waals surface area contributed by atoms with Crippen molar-refractivity contribution in [2.75, 3.05) is 0 Å². The van der Waals surface area contributed by atoms with E-state index in [4.69, 9.17) is 11.6 Å². The van der Waals surface area contributed by atoms with Crippen LogP contribution in [0.25, 0.3) is 21.9 Å². The molecular weight excluding hydrogens is 282 g/mol. The summed E-state index contributed by atoms with van der Waals surface area (Å²) in [6.45, 7) is 8.95. The molecule has 2 heterocycles. The summed E-state index contributed by atoms with van der Waals surface area (Å²) in [6, 6.07) is 8.49. The van der Waals surface area contributed by atoms with Gasteiger partial charge in [-0.2, -0.15) is 0 Å². The Morgan fingerprint density at radius 3 is 2.57 bits per heavy atom. The number of hydrogen-bond acceptors (Lipinski definition) is 2. The standard InChI is InChI=1S/C17H20ClN3/c1-11(17(2,3)4)21-15(9-18)20-14-10-19-13-8-6-5-7-12(13)16(14)21/h5-8,10-11H,9H2,1-4H3. The molecule has 1 unspecified atom stereocenters. The minimum atomic E-state index is 0.124. The predicted octanol–water partition coefficient (Wildman–Crippen LogP) is 4.93. The van der Waals surface area contributed by atoms with E-state index in [1.165, 1.54) is 0 Å². The number of pyridine rings is 1. The lowest BCUT2D eigenvalue weighted by atomic mass is 9.87. The topological polar surface area (TPSA) is 30.7 Å². The van der Waals surface area contributed by atoms with E-state index < -0.39 is 0 Å². The van der Waals surface area contributed by atoms with Crippen molar-refractivity contribution in [1.29, 1.82) is 0 Å². The first kappa shape index (κ1) is 14.3. The number of fused-ring (bicyclic) bond motifs is 3. The van der Waals surface area contributed by atoms with Gasteiger partial charge in [-0.05, 0) is 18.4 Å². The maximum atomic E-state index is 6.15. The molecule has 2 aromatic heterocycles. The van der Waals surface area contributed by atoms with Gasteiger partial charge in [-0.1, -0.05) is 39.0 Å². The van der Waals surface area contributed by atoms with Gasteiger partial charge in [0, 0.05) is 11.4 Å². The van der Waals surface area contributed by atoms with Gasteiger partial charge in [0.25, 0.3) is 0 Å². The molecule has 1 atom stereocenters. The summed E-state index contributed by atoms with van der Waals surface area (Å²) in [5.74, 6) is 1.32. The van der Waals surface area contributed by atoms with Crippen molar-refractivity contribution in [3.8, 4) is 0 Å². The molecule has 0 aliphatic rings. The second-order valence-electron chi connectivity index (χ2n) is 6.58. The van der Waals surface area contributed by atoms with Crippen molar-refractivity contribution in [1.82, 2.24) is 14.5 Å². The maximum absolute atomic E-state index is 6.15. The summed E-state index contributed by atoms with van der Waals surface area (Å²) in [5.41, 5.74) is 3.17. The molecule has 0 saturated carbocycles. The Kier molecular flexibility index (Phi) is 3.40. The fraction of sp³-hybridized carbons (Fsp3) is 0.412. The Hall–Kier alpha value is -1.61. The summed E-state index contributed by atoms with van der Waals surface area (Å²) < 4.78 is 2.28. The first-order valence-corrected chi connectivity index (χ1v) is 7.77. The molecular formula is C17H20ClN3. The van der Waals surface area contributed by atoms with E-state index in [0.717, 1.165) is 27.8 Å². The smallest absolute Gasteiger partial charge is 0.125 e. The fourth-order valence-corrected chi connectivity index (χ4v) is 2.86. The zero-order chi connectivity index (χ0) is 15.2. The normalized spacial score (nSPS) is 14.0. The average Bonchev–Trinajstić information content (AvgIpc) is 2.84. The monoisotopic (exact) mass is 301 g/mol. The van der Waals surface area contributed by atoms with Crippen LogP contribution < -0.4 is 0 Å². The number of nitrogens with zero attached hydrogens (tertiary/aromatic N) is 3. The van der Waals surface area contributed by atoms with E-state index >= 15 is 0 Å². The van der Waals surface area contributed by atoms with Gasteiger partial charge in [-0.25, -0.2) is 4.98 Å². The Bertz CT molecular complexity index is 799. The molecule has 0 fully saturated rings. The third-order valence-corrected chi connectivity index (χ3v) is 4.50. The van der Waals surface area contributed by atoms with Gasteiger partial charge in [-0.15, -0.1) is 11.6 Å². The van der Waals surface area contributed by atoms with Crippen LogP contribution in [0.5, 0.6) is 0 Å². The Morgan fingerprint density at radius 1 is 1.19 bits per heavy atom. The van der Waals surface area contributed by atoms with Crippen LogP contribution in [0.2, 0.25) is 0 Å². The second kappa shape index (κ2) is 4.99. The number of para-hydroxylation sites is 1. The summed E-state index contributed by atoms with van der Waals surface area (Å²) in [7, 11) is 0. The van der Waals surface area contributed by atoms with Gasteiger partial charge >= 0.3 is 0 Å². The van der Waals surface area contributed by atoms with Crippen LogP contribution in [-0.4, -0.2) is 14.5 Å². The van der Waals surface area contributed by atoms with Gasteiger partial charge in [-0.3, -0.25) is 4.98 Å². The summed E-state index contributed by atoms with van der Waals surface area (Å²) >= 11 is 6.15. The minimum Gasteiger partial charge on any atom is -0.323 e. The van der Waals surface area contributed by atoms with E-state index in [1.807, 2.05) is 24.4 Å². The summed E-state index contributed by atoms with van der Waals surface area (Å²) in [6.07, 6.45) is 1.85. The molecule has 3 nitrogen and oxygen atoms in total. The Morgan fingerprint density at radius 2 is 1.90 bits per heavy atom. The van der Waals surface area contributed by atoms with Crippen molar-refractivity contribution < 1.29 is 0 Å². The number of benzene rings is 1. The van der Waals surface area contributed by atoms with Crippen LogP contribution >= 0.6 is 11.6 Å². The SMILES string of the molecule is CC(n1c(CCl)nc2cnc3ccccc3c21)C(C)(C)C. The predicted molar refractivity (Wildman–Crippen MR) is 88.8 cm³/mol. The number of rotatable bonds is 2. The largest absolute Gasteiger partial charge is 0.323 e. The molecule has 0 saturated heterocycles. The molecule has 1 aromatic carbocycles. The molecule has 0 aliphatic carbocycles. The van der Waals surface area contributed by atoms with E-state index in [9.17, 15) is 0 Å². The quantitative estimate of drug-likeness (QED) is 0.628. The molecule has 3 aromatic rings. The van der Waals surface area contributed by atoms with Crippen LogP contribution in [0.1, 0.15) is 39.6 Å². The number of imidazole rings is 1. The highest BCUT2D eigenvalue weighted by atomic mass is 35.5. The molecule has 0 amide bonds. The van der Waals surface area contributed by atoms with Crippen LogP contribution in [0.4, 0.5) is 0 Å². The van der Waals surface area contributed by atoms with Crippen LogP contribution in [-0.2, 0) is 5.88 Å². The molecule has 4 heteroatoms. The van der Waals surface area contributed by atoms with E-state index in [1.54, 1.807) is 0 Å². The first-order valence-electron chi connectivity index (χ1n) is 7.24. The number of aromatic nitrogens is 3. The fourth-order valence-electron chi connectivity index (χ4n) is 2.67. The van der Waals surface area contributed by atoms with Gasteiger partial charge in [0.05, 0.1) is 23.1 Å². The van der Waals surface area contributed by atoms with Crippen molar-refractivity contribution in [3.63, 3.8) is 0 Å². The maximum Gasteiger partial charge on any atom is 0.125 e. The molecule has 0 bridgehead atoms. The average molecular weight is 302 g/mol. The first-order chi connectivity index (χ1) is 9.93. The zero-order valence-electron chi connectivity index (χ0n) is 12.9. The molecule has 0 N–H and O–H groups in total. The lowest BCUT2D eigenvalue weighted by molar-refractivity contribution is 0.264. The van der Waals surface area contributed by atoms with E-state index in [0.29, 0.717) is 11.9 Å². The number of hydrogen-bond donors (Lipinski definition) is 0. The van der Waals surface area contributed by atoms with Crippen LogP contribution in [0, 0.1) is 5.41 Å². The Labute approximate surface area is 130 Å². The van der Waals surface area contributed by atoms with Gasteiger partial charge in [0.1, 0.15) is 11.3 Å². The van der Waals surface area contributed by atoms with Crippen molar-refractivity contribution >= 4 is 33.5 Å². The lowest BCUT2D eigenvalue weighted by Crippen LogP contribution is -2.23. The molecule has 3 rings (SSSR count). The van der Waals surface area contributed by atoms with E-state index in [-0.39, 0.29) is 5.41 Å². The van der Waals surface area contributed by atoms with Crippen LogP contribution in [0.15, 0.2) is 30.5 Å². The third-order valence-electron chi connectivity index (χ3n) is 4.26. The minimum absolute atomic E-state index is 0.124. The molecule has 21 heavy (non-hydrogen) atoms. The van der Waals surface area contributed by atoms with Gasteiger partial charge < -0.3 is 4.57 Å². The summed E-state index contributed by atoms with van der Waals surface area (Å²) in [5, 5.41) is 1.13. The van der Waals surface area contributed by atoms with Crippen molar-refractivity contribution in [2.45, 2.75) is 39.6 Å². The summed E-state index contributed by atoms with van der Waals surface area (Å²) in [4.78, 5) is 9.19. The number of halogens is 1. The van der Waals surface area contributed by atoms with Gasteiger partial charge in [0.2, 0.25) is 0 Å².